The molecule has 0 atom stereocenters. The van der Waals surface area contributed by atoms with Crippen LogP contribution >= 0.6 is 11.8 Å². The Morgan fingerprint density at radius 1 is 1.24 bits per heavy atom. The second-order valence-corrected chi connectivity index (χ2v) is 7.16. The second kappa shape index (κ2) is 9.34. The summed E-state index contributed by atoms with van der Waals surface area (Å²) in [4.78, 5) is 2.50. The Morgan fingerprint density at radius 3 is 2.76 bits per heavy atom. The molecule has 3 nitrogen and oxygen atoms in total. The lowest BCUT2D eigenvalue weighted by molar-refractivity contribution is 0.221. The van der Waals surface area contributed by atoms with Gasteiger partial charge in [0, 0.05) is 43.2 Å². The Bertz CT molecular complexity index is 406. The fraction of sp³-hybridized carbons (Fsp3) is 0.647. The van der Waals surface area contributed by atoms with Crippen LogP contribution in [-0.4, -0.2) is 49.2 Å². The van der Waals surface area contributed by atoms with Gasteiger partial charge in [-0.1, -0.05) is 32.0 Å². The predicted molar refractivity (Wildman–Crippen MR) is 92.2 cm³/mol. The zero-order valence-corrected chi connectivity index (χ0v) is 14.1. The lowest BCUT2D eigenvalue weighted by Crippen LogP contribution is -2.35. The zero-order valence-electron chi connectivity index (χ0n) is 13.3. The van der Waals surface area contributed by atoms with Crippen molar-refractivity contribution in [2.75, 3.05) is 44.3 Å². The van der Waals surface area contributed by atoms with Gasteiger partial charge in [0.15, 0.2) is 0 Å². The molecule has 1 saturated heterocycles. The number of ether oxygens (including phenoxy) is 1. The third-order valence-electron chi connectivity index (χ3n) is 3.61. The van der Waals surface area contributed by atoms with Gasteiger partial charge in [0.2, 0.25) is 0 Å². The number of nitrogens with one attached hydrogen (secondary N) is 1. The van der Waals surface area contributed by atoms with Crippen LogP contribution in [0.4, 0.5) is 0 Å². The van der Waals surface area contributed by atoms with E-state index in [1.165, 1.54) is 30.2 Å². The topological polar surface area (TPSA) is 24.5 Å². The molecule has 2 rings (SSSR count). The van der Waals surface area contributed by atoms with Crippen LogP contribution in [0.2, 0.25) is 0 Å². The molecule has 0 saturated carbocycles. The first-order valence-corrected chi connectivity index (χ1v) is 9.12. The molecule has 0 aromatic heterocycles. The summed E-state index contributed by atoms with van der Waals surface area (Å²) in [5.41, 5.74) is 1.26. The summed E-state index contributed by atoms with van der Waals surface area (Å²) in [5.74, 6) is 4.22. The third kappa shape index (κ3) is 6.29. The first-order chi connectivity index (χ1) is 10.3. The van der Waals surface area contributed by atoms with Gasteiger partial charge < -0.3 is 10.1 Å². The number of thioether (sulfide) groups is 1. The van der Waals surface area contributed by atoms with Crippen LogP contribution in [0.1, 0.15) is 19.4 Å². The van der Waals surface area contributed by atoms with E-state index >= 15 is 0 Å². The highest BCUT2D eigenvalue weighted by atomic mass is 32.2. The number of hydrogen-bond acceptors (Lipinski definition) is 4. The van der Waals surface area contributed by atoms with Gasteiger partial charge in [-0.15, -0.1) is 0 Å². The van der Waals surface area contributed by atoms with Gasteiger partial charge in [-0.05, 0) is 18.5 Å². The number of nitrogens with zero attached hydrogens (tertiary/aromatic N) is 1. The Morgan fingerprint density at radius 2 is 2.00 bits per heavy atom. The molecule has 0 amide bonds. The van der Waals surface area contributed by atoms with Gasteiger partial charge in [0.1, 0.15) is 12.4 Å². The molecule has 0 aliphatic carbocycles. The van der Waals surface area contributed by atoms with E-state index in [0.29, 0.717) is 5.92 Å². The van der Waals surface area contributed by atoms with Crippen molar-refractivity contribution in [2.24, 2.45) is 5.92 Å². The summed E-state index contributed by atoms with van der Waals surface area (Å²) in [6.45, 7) is 10.6. The van der Waals surface area contributed by atoms with E-state index in [-0.39, 0.29) is 0 Å². The highest BCUT2D eigenvalue weighted by Crippen LogP contribution is 2.18. The molecule has 0 bridgehead atoms. The molecule has 1 aromatic rings. The molecule has 1 fully saturated rings. The fourth-order valence-corrected chi connectivity index (χ4v) is 3.37. The van der Waals surface area contributed by atoms with Crippen LogP contribution in [0.25, 0.3) is 0 Å². The first kappa shape index (κ1) is 16.7. The average molecular weight is 308 g/mol. The van der Waals surface area contributed by atoms with Gasteiger partial charge in [0.05, 0.1) is 0 Å². The first-order valence-electron chi connectivity index (χ1n) is 7.97. The minimum absolute atomic E-state index is 0.676. The molecule has 1 heterocycles. The van der Waals surface area contributed by atoms with E-state index in [9.17, 15) is 0 Å². The van der Waals surface area contributed by atoms with Crippen molar-refractivity contribution < 1.29 is 4.74 Å². The van der Waals surface area contributed by atoms with Gasteiger partial charge in [-0.25, -0.2) is 0 Å². The molecular formula is C17H28N2OS. The Kier molecular flexibility index (Phi) is 7.41. The van der Waals surface area contributed by atoms with Crippen molar-refractivity contribution in [1.82, 2.24) is 10.2 Å². The molecule has 0 radical (unpaired) electrons. The lowest BCUT2D eigenvalue weighted by atomic mass is 10.2. The van der Waals surface area contributed by atoms with Gasteiger partial charge in [0.25, 0.3) is 0 Å². The monoisotopic (exact) mass is 308 g/mol. The van der Waals surface area contributed by atoms with Crippen molar-refractivity contribution >= 4 is 11.8 Å². The summed E-state index contributed by atoms with van der Waals surface area (Å²) >= 11 is 2.05. The summed E-state index contributed by atoms with van der Waals surface area (Å²) in [6.07, 6.45) is 0. The molecule has 4 heteroatoms. The Hall–Kier alpha value is -0.710. The highest BCUT2D eigenvalue weighted by molar-refractivity contribution is 7.99. The van der Waals surface area contributed by atoms with Crippen molar-refractivity contribution in [1.29, 1.82) is 0 Å². The predicted octanol–water partition coefficient (Wildman–Crippen LogP) is 2.86. The molecule has 0 unspecified atom stereocenters. The zero-order chi connectivity index (χ0) is 14.9. The SMILES string of the molecule is CC(C)CNCc1ccccc1OCCN1CCSCC1. The second-order valence-electron chi connectivity index (χ2n) is 5.93. The number of benzene rings is 1. The molecule has 1 N–H and O–H groups in total. The molecule has 118 valence electrons. The molecule has 1 aliphatic rings. The smallest absolute Gasteiger partial charge is 0.123 e. The van der Waals surface area contributed by atoms with E-state index in [0.717, 1.165) is 32.0 Å². The van der Waals surface area contributed by atoms with E-state index in [2.05, 4.69) is 60.1 Å². The van der Waals surface area contributed by atoms with Gasteiger partial charge >= 0.3 is 0 Å². The highest BCUT2D eigenvalue weighted by Gasteiger charge is 2.10. The summed E-state index contributed by atoms with van der Waals surface area (Å²) in [7, 11) is 0. The largest absolute Gasteiger partial charge is 0.492 e. The van der Waals surface area contributed by atoms with Crippen LogP contribution in [0.5, 0.6) is 5.75 Å². The van der Waals surface area contributed by atoms with E-state index in [1.54, 1.807) is 0 Å². The number of para-hydroxylation sites is 1. The Labute approximate surface area is 133 Å². The number of rotatable bonds is 8. The van der Waals surface area contributed by atoms with Crippen LogP contribution in [0.3, 0.4) is 0 Å². The van der Waals surface area contributed by atoms with Crippen molar-refractivity contribution in [3.63, 3.8) is 0 Å². The quantitative estimate of drug-likeness (QED) is 0.798. The van der Waals surface area contributed by atoms with Crippen LogP contribution in [-0.2, 0) is 6.54 Å². The molecular weight excluding hydrogens is 280 g/mol. The Balaban J connectivity index is 1.76. The van der Waals surface area contributed by atoms with Crippen LogP contribution in [0.15, 0.2) is 24.3 Å². The maximum absolute atomic E-state index is 6.01. The average Bonchev–Trinajstić information content (AvgIpc) is 2.49. The molecule has 1 aromatic carbocycles. The lowest BCUT2D eigenvalue weighted by Gasteiger charge is -2.26. The summed E-state index contributed by atoms with van der Waals surface area (Å²) < 4.78 is 6.01. The minimum atomic E-state index is 0.676. The van der Waals surface area contributed by atoms with Crippen LogP contribution in [0, 0.1) is 5.92 Å². The maximum Gasteiger partial charge on any atom is 0.123 e. The standard InChI is InChI=1S/C17H28N2OS/c1-15(2)13-18-14-16-5-3-4-6-17(16)20-10-7-19-8-11-21-12-9-19/h3-6,15,18H,7-14H2,1-2H3. The van der Waals surface area contributed by atoms with Crippen molar-refractivity contribution in [2.45, 2.75) is 20.4 Å². The molecule has 21 heavy (non-hydrogen) atoms. The minimum Gasteiger partial charge on any atom is -0.492 e. The van der Waals surface area contributed by atoms with Crippen LogP contribution < -0.4 is 10.1 Å². The molecule has 1 aliphatic heterocycles. The number of hydrogen-bond donors (Lipinski definition) is 1. The maximum atomic E-state index is 6.01. The van der Waals surface area contributed by atoms with Crippen molar-refractivity contribution in [3.05, 3.63) is 29.8 Å². The van der Waals surface area contributed by atoms with E-state index in [1.807, 2.05) is 0 Å². The van der Waals surface area contributed by atoms with Crippen molar-refractivity contribution in [3.8, 4) is 5.75 Å². The molecule has 0 spiro atoms. The summed E-state index contributed by atoms with van der Waals surface area (Å²) in [6, 6.07) is 8.37. The third-order valence-corrected chi connectivity index (χ3v) is 4.55. The fourth-order valence-electron chi connectivity index (χ4n) is 2.40. The van der Waals surface area contributed by atoms with Gasteiger partial charge in [-0.3, -0.25) is 4.90 Å². The normalized spacial score (nSPS) is 16.3. The van der Waals surface area contributed by atoms with Gasteiger partial charge in [-0.2, -0.15) is 11.8 Å². The summed E-state index contributed by atoms with van der Waals surface area (Å²) in [5, 5.41) is 3.49. The van der Waals surface area contributed by atoms with E-state index in [4.69, 9.17) is 4.74 Å². The van der Waals surface area contributed by atoms with E-state index < -0.39 is 0 Å².